The van der Waals surface area contributed by atoms with E-state index in [1.54, 1.807) is 50.4 Å². The molecule has 0 atom stereocenters. The molecule has 2 amide bonds. The number of rotatable bonds is 7. The molecule has 0 aliphatic heterocycles. The Bertz CT molecular complexity index is 1330. The number of amides is 2. The molecule has 4 N–H and O–H groups in total. The molecule has 35 heavy (non-hydrogen) atoms. The molecule has 4 rings (SSSR count). The number of benzene rings is 3. The van der Waals surface area contributed by atoms with Gasteiger partial charge in [-0.25, -0.2) is 14.2 Å². The van der Waals surface area contributed by atoms with Crippen molar-refractivity contribution in [2.45, 2.75) is 13.8 Å². The van der Waals surface area contributed by atoms with Gasteiger partial charge in [0.05, 0.1) is 7.11 Å². The Labute approximate surface area is 202 Å². The number of aryl methyl sites for hydroxylation is 2. The van der Waals surface area contributed by atoms with Crippen molar-refractivity contribution in [3.05, 3.63) is 89.9 Å². The van der Waals surface area contributed by atoms with Crippen LogP contribution < -0.4 is 26.0 Å². The molecule has 0 saturated carbocycles. The van der Waals surface area contributed by atoms with Gasteiger partial charge in [0.15, 0.2) is 0 Å². The van der Waals surface area contributed by atoms with Crippen molar-refractivity contribution in [1.29, 1.82) is 0 Å². The molecular weight excluding hydrogens is 447 g/mol. The average Bonchev–Trinajstić information content (AvgIpc) is 2.83. The smallest absolute Gasteiger partial charge is 0.323 e. The lowest BCUT2D eigenvalue weighted by Gasteiger charge is -2.11. The fourth-order valence-corrected chi connectivity index (χ4v) is 3.24. The SMILES string of the molecule is COc1ccc(Nc2cc(C)nc(Nc3ccc(NC(=O)Nc4ccc(C)c(F)c4)cc3)n2)cc1. The molecule has 0 bridgehead atoms. The standard InChI is InChI=1S/C26H25FN6O2/c1-16-4-5-21(15-23(16)27)32-26(34)31-20-8-6-19(7-9-20)30-25-28-17(2)14-24(33-25)29-18-10-12-22(35-3)13-11-18/h4-15H,1-3H3,(H2,31,32,34)(H2,28,29,30,33). The maximum absolute atomic E-state index is 13.7. The predicted octanol–water partition coefficient (Wildman–Crippen LogP) is 6.37. The minimum atomic E-state index is -0.467. The Balaban J connectivity index is 1.37. The lowest BCUT2D eigenvalue weighted by Crippen LogP contribution is -2.19. The Hall–Kier alpha value is -4.66. The summed E-state index contributed by atoms with van der Waals surface area (Å²) in [5.74, 6) is 1.48. The zero-order chi connectivity index (χ0) is 24.8. The minimum absolute atomic E-state index is 0.375. The van der Waals surface area contributed by atoms with E-state index in [9.17, 15) is 9.18 Å². The summed E-state index contributed by atoms with van der Waals surface area (Å²) >= 11 is 0. The van der Waals surface area contributed by atoms with E-state index < -0.39 is 6.03 Å². The van der Waals surface area contributed by atoms with Gasteiger partial charge in [-0.3, -0.25) is 0 Å². The normalized spacial score (nSPS) is 10.4. The molecule has 4 aromatic rings. The quantitative estimate of drug-likeness (QED) is 0.249. The summed E-state index contributed by atoms with van der Waals surface area (Å²) in [6.07, 6.45) is 0. The first-order valence-corrected chi connectivity index (χ1v) is 10.9. The maximum Gasteiger partial charge on any atom is 0.323 e. The highest BCUT2D eigenvalue weighted by atomic mass is 19.1. The number of methoxy groups -OCH3 is 1. The molecule has 0 spiro atoms. The number of carbonyl (C=O) groups excluding carboxylic acids is 1. The molecule has 9 heteroatoms. The molecule has 0 saturated heterocycles. The predicted molar refractivity (Wildman–Crippen MR) is 137 cm³/mol. The molecule has 178 valence electrons. The van der Waals surface area contributed by atoms with E-state index in [2.05, 4.69) is 31.2 Å². The van der Waals surface area contributed by atoms with Gasteiger partial charge in [0.25, 0.3) is 0 Å². The molecular formula is C26H25FN6O2. The van der Waals surface area contributed by atoms with Gasteiger partial charge in [-0.15, -0.1) is 0 Å². The van der Waals surface area contributed by atoms with Crippen LogP contribution >= 0.6 is 0 Å². The highest BCUT2D eigenvalue weighted by molar-refractivity contribution is 5.99. The number of nitrogens with one attached hydrogen (secondary N) is 4. The van der Waals surface area contributed by atoms with Gasteiger partial charge in [0.1, 0.15) is 17.4 Å². The molecule has 8 nitrogen and oxygen atoms in total. The number of urea groups is 1. The fraction of sp³-hybridized carbons (Fsp3) is 0.115. The highest BCUT2D eigenvalue weighted by Gasteiger charge is 2.07. The van der Waals surface area contributed by atoms with E-state index in [1.807, 2.05) is 37.3 Å². The third kappa shape index (κ3) is 6.44. The monoisotopic (exact) mass is 472 g/mol. The fourth-order valence-electron chi connectivity index (χ4n) is 3.24. The average molecular weight is 473 g/mol. The second-order valence-electron chi connectivity index (χ2n) is 7.82. The van der Waals surface area contributed by atoms with Crippen LogP contribution in [0.1, 0.15) is 11.3 Å². The minimum Gasteiger partial charge on any atom is -0.497 e. The Morgan fingerprint density at radius 1 is 0.771 bits per heavy atom. The maximum atomic E-state index is 13.7. The van der Waals surface area contributed by atoms with Crippen LogP contribution in [0.5, 0.6) is 5.75 Å². The van der Waals surface area contributed by atoms with Gasteiger partial charge in [0.2, 0.25) is 5.95 Å². The van der Waals surface area contributed by atoms with Crippen LogP contribution in [0.3, 0.4) is 0 Å². The summed E-state index contributed by atoms with van der Waals surface area (Å²) in [6.45, 7) is 3.55. The van der Waals surface area contributed by atoms with Crippen molar-refractivity contribution in [3.8, 4) is 5.75 Å². The van der Waals surface area contributed by atoms with Gasteiger partial charge in [-0.1, -0.05) is 6.07 Å². The summed E-state index contributed by atoms with van der Waals surface area (Å²) in [6, 6.07) is 20.5. The molecule has 0 fully saturated rings. The molecule has 1 heterocycles. The van der Waals surface area contributed by atoms with Crippen LogP contribution in [0.15, 0.2) is 72.8 Å². The number of carbonyl (C=O) groups is 1. The van der Waals surface area contributed by atoms with E-state index >= 15 is 0 Å². The molecule has 0 aliphatic rings. The summed E-state index contributed by atoms with van der Waals surface area (Å²) in [5, 5.41) is 11.8. The van der Waals surface area contributed by atoms with E-state index in [0.29, 0.717) is 28.7 Å². The van der Waals surface area contributed by atoms with E-state index in [0.717, 1.165) is 22.8 Å². The van der Waals surface area contributed by atoms with Gasteiger partial charge < -0.3 is 26.0 Å². The van der Waals surface area contributed by atoms with Crippen LogP contribution in [-0.2, 0) is 0 Å². The van der Waals surface area contributed by atoms with Crippen LogP contribution in [0.25, 0.3) is 0 Å². The van der Waals surface area contributed by atoms with Gasteiger partial charge in [0, 0.05) is 34.5 Å². The Morgan fingerprint density at radius 2 is 1.37 bits per heavy atom. The first-order valence-electron chi connectivity index (χ1n) is 10.9. The zero-order valence-corrected chi connectivity index (χ0v) is 19.5. The summed E-state index contributed by atoms with van der Waals surface area (Å²) in [4.78, 5) is 21.2. The Morgan fingerprint density at radius 3 is 2.06 bits per heavy atom. The van der Waals surface area contributed by atoms with Crippen LogP contribution in [0.2, 0.25) is 0 Å². The van der Waals surface area contributed by atoms with E-state index in [1.165, 1.54) is 6.07 Å². The molecule has 0 radical (unpaired) electrons. The van der Waals surface area contributed by atoms with E-state index in [4.69, 9.17) is 4.74 Å². The lowest BCUT2D eigenvalue weighted by molar-refractivity contribution is 0.262. The lowest BCUT2D eigenvalue weighted by atomic mass is 10.2. The molecule has 0 unspecified atom stereocenters. The van der Waals surface area contributed by atoms with Crippen molar-refractivity contribution < 1.29 is 13.9 Å². The number of hydrogen-bond donors (Lipinski definition) is 4. The van der Waals surface area contributed by atoms with Crippen LogP contribution in [0, 0.1) is 19.7 Å². The van der Waals surface area contributed by atoms with Gasteiger partial charge in [-0.05, 0) is 80.1 Å². The third-order valence-electron chi connectivity index (χ3n) is 5.05. The third-order valence-corrected chi connectivity index (χ3v) is 5.05. The highest BCUT2D eigenvalue weighted by Crippen LogP contribution is 2.22. The second kappa shape index (κ2) is 10.5. The second-order valence-corrected chi connectivity index (χ2v) is 7.82. The first kappa shape index (κ1) is 23.5. The van der Waals surface area contributed by atoms with Crippen molar-refractivity contribution in [1.82, 2.24) is 9.97 Å². The zero-order valence-electron chi connectivity index (χ0n) is 19.5. The number of ether oxygens (including phenoxy) is 1. The first-order chi connectivity index (χ1) is 16.9. The van der Waals surface area contributed by atoms with Crippen molar-refractivity contribution >= 4 is 40.5 Å². The summed E-state index contributed by atoms with van der Waals surface area (Å²) < 4.78 is 18.9. The van der Waals surface area contributed by atoms with Crippen molar-refractivity contribution in [2.75, 3.05) is 28.4 Å². The topological polar surface area (TPSA) is 100 Å². The van der Waals surface area contributed by atoms with Crippen molar-refractivity contribution in [3.63, 3.8) is 0 Å². The number of anilines is 6. The molecule has 0 aliphatic carbocycles. The van der Waals surface area contributed by atoms with Gasteiger partial charge in [-0.2, -0.15) is 4.98 Å². The van der Waals surface area contributed by atoms with Gasteiger partial charge >= 0.3 is 6.03 Å². The number of halogens is 1. The summed E-state index contributed by atoms with van der Waals surface area (Å²) in [7, 11) is 1.62. The largest absolute Gasteiger partial charge is 0.497 e. The Kier molecular flexibility index (Phi) is 7.06. The number of nitrogens with zero attached hydrogens (tertiary/aromatic N) is 2. The number of hydrogen-bond acceptors (Lipinski definition) is 6. The van der Waals surface area contributed by atoms with E-state index in [-0.39, 0.29) is 5.82 Å². The molecule has 1 aromatic heterocycles. The van der Waals surface area contributed by atoms with Crippen molar-refractivity contribution in [2.24, 2.45) is 0 Å². The number of aromatic nitrogens is 2. The molecule has 3 aromatic carbocycles. The summed E-state index contributed by atoms with van der Waals surface area (Å²) in [5.41, 5.74) is 3.88. The van der Waals surface area contributed by atoms with Crippen LogP contribution in [-0.4, -0.2) is 23.1 Å². The van der Waals surface area contributed by atoms with Crippen LogP contribution in [0.4, 0.5) is 43.7 Å².